The van der Waals surface area contributed by atoms with Crippen LogP contribution in [0.4, 0.5) is 5.69 Å². The number of carbonyl (C=O) groups excluding carboxylic acids is 1. The maximum absolute atomic E-state index is 12.6. The quantitative estimate of drug-likeness (QED) is 0.467. The highest BCUT2D eigenvalue weighted by Crippen LogP contribution is 2.33. The highest BCUT2D eigenvalue weighted by atomic mass is 32.2. The Hall–Kier alpha value is -3.12. The van der Waals surface area contributed by atoms with E-state index in [1.54, 1.807) is 14.2 Å². The summed E-state index contributed by atoms with van der Waals surface area (Å²) in [6.45, 7) is 2.37. The smallest absolute Gasteiger partial charge is 0.237 e. The summed E-state index contributed by atoms with van der Waals surface area (Å²) in [5.41, 5.74) is 1.84. The molecule has 3 rings (SSSR count). The second-order valence-electron chi connectivity index (χ2n) is 6.56. The van der Waals surface area contributed by atoms with Crippen LogP contribution in [-0.4, -0.2) is 25.4 Å². The number of amides is 1. The Labute approximate surface area is 181 Å². The third-order valence-electron chi connectivity index (χ3n) is 4.41. The van der Waals surface area contributed by atoms with Gasteiger partial charge >= 0.3 is 0 Å². The summed E-state index contributed by atoms with van der Waals surface area (Å²) in [6, 6.07) is 23.0. The third-order valence-corrected chi connectivity index (χ3v) is 5.50. The number of ether oxygens (including phenoxy) is 3. The van der Waals surface area contributed by atoms with E-state index in [9.17, 15) is 4.79 Å². The number of thioether (sulfide) groups is 1. The van der Waals surface area contributed by atoms with E-state index in [0.29, 0.717) is 18.1 Å². The number of methoxy groups -OCH3 is 2. The van der Waals surface area contributed by atoms with Crippen molar-refractivity contribution >= 4 is 23.4 Å². The van der Waals surface area contributed by atoms with Gasteiger partial charge in [-0.05, 0) is 55.0 Å². The molecular formula is C24H25NO4S. The molecular weight excluding hydrogens is 398 g/mol. The molecule has 0 radical (unpaired) electrons. The normalized spacial score (nSPS) is 11.4. The molecule has 1 amide bonds. The number of carbonyl (C=O) groups is 1. The maximum atomic E-state index is 12.6. The molecule has 0 heterocycles. The van der Waals surface area contributed by atoms with Crippen molar-refractivity contribution in [3.05, 3.63) is 78.4 Å². The van der Waals surface area contributed by atoms with Crippen LogP contribution in [0.2, 0.25) is 0 Å². The van der Waals surface area contributed by atoms with Crippen LogP contribution in [0, 0.1) is 0 Å². The van der Waals surface area contributed by atoms with Crippen molar-refractivity contribution < 1.29 is 19.0 Å². The Kier molecular flexibility index (Phi) is 7.63. The van der Waals surface area contributed by atoms with Gasteiger partial charge < -0.3 is 19.5 Å². The standard InChI is InChI=1S/C24H25NO4S/c1-17(30-21-13-14-22(27-2)23(15-21)28-3)24(26)25-19-9-11-20(12-10-19)29-16-18-7-5-4-6-8-18/h4-15,17H,16H2,1-3H3,(H,25,26)/t17-/m1/s1. The molecule has 0 saturated heterocycles. The second-order valence-corrected chi connectivity index (χ2v) is 7.98. The first-order valence-electron chi connectivity index (χ1n) is 9.55. The minimum Gasteiger partial charge on any atom is -0.493 e. The molecule has 0 aliphatic carbocycles. The molecule has 0 aliphatic rings. The molecule has 6 heteroatoms. The fourth-order valence-corrected chi connectivity index (χ4v) is 3.66. The maximum Gasteiger partial charge on any atom is 0.237 e. The zero-order chi connectivity index (χ0) is 21.3. The molecule has 3 aromatic carbocycles. The van der Waals surface area contributed by atoms with Gasteiger partial charge in [0.15, 0.2) is 11.5 Å². The van der Waals surface area contributed by atoms with Crippen molar-refractivity contribution in [3.8, 4) is 17.2 Å². The lowest BCUT2D eigenvalue weighted by atomic mass is 10.2. The summed E-state index contributed by atoms with van der Waals surface area (Å²) in [7, 11) is 3.19. The lowest BCUT2D eigenvalue weighted by Gasteiger charge is -2.14. The zero-order valence-electron chi connectivity index (χ0n) is 17.3. The zero-order valence-corrected chi connectivity index (χ0v) is 18.1. The monoisotopic (exact) mass is 423 g/mol. The highest BCUT2D eigenvalue weighted by Gasteiger charge is 2.16. The van der Waals surface area contributed by atoms with Crippen molar-refractivity contribution in [3.63, 3.8) is 0 Å². The number of benzene rings is 3. The summed E-state index contributed by atoms with van der Waals surface area (Å²) in [6.07, 6.45) is 0. The molecule has 0 bridgehead atoms. The minimum absolute atomic E-state index is 0.0762. The summed E-state index contributed by atoms with van der Waals surface area (Å²) < 4.78 is 16.4. The Bertz CT molecular complexity index is 961. The van der Waals surface area contributed by atoms with Gasteiger partial charge in [-0.3, -0.25) is 4.79 Å². The van der Waals surface area contributed by atoms with Crippen molar-refractivity contribution in [2.75, 3.05) is 19.5 Å². The van der Waals surface area contributed by atoms with Crippen LogP contribution < -0.4 is 19.5 Å². The molecule has 3 aromatic rings. The summed E-state index contributed by atoms with van der Waals surface area (Å²) >= 11 is 1.46. The van der Waals surface area contributed by atoms with Crippen LogP contribution in [0.15, 0.2) is 77.7 Å². The first kappa shape index (κ1) is 21.6. The molecule has 0 saturated carbocycles. The molecule has 30 heavy (non-hydrogen) atoms. The molecule has 156 valence electrons. The van der Waals surface area contributed by atoms with Gasteiger partial charge in [-0.1, -0.05) is 30.3 Å². The van der Waals surface area contributed by atoms with Gasteiger partial charge in [0.25, 0.3) is 0 Å². The Morgan fingerprint density at radius 2 is 1.63 bits per heavy atom. The van der Waals surface area contributed by atoms with Gasteiger partial charge in [0, 0.05) is 10.6 Å². The third kappa shape index (κ3) is 5.94. The van der Waals surface area contributed by atoms with Gasteiger partial charge in [-0.2, -0.15) is 0 Å². The van der Waals surface area contributed by atoms with Crippen molar-refractivity contribution in [1.29, 1.82) is 0 Å². The fraction of sp³-hybridized carbons (Fsp3) is 0.208. The van der Waals surface area contributed by atoms with Crippen LogP contribution in [0.5, 0.6) is 17.2 Å². The molecule has 0 spiro atoms. The molecule has 1 N–H and O–H groups in total. The van der Waals surface area contributed by atoms with E-state index in [4.69, 9.17) is 14.2 Å². The van der Waals surface area contributed by atoms with Gasteiger partial charge in [-0.25, -0.2) is 0 Å². The minimum atomic E-state index is -0.280. The first-order valence-corrected chi connectivity index (χ1v) is 10.4. The number of hydrogen-bond acceptors (Lipinski definition) is 5. The summed E-state index contributed by atoms with van der Waals surface area (Å²) in [5, 5.41) is 2.66. The largest absolute Gasteiger partial charge is 0.493 e. The van der Waals surface area contributed by atoms with Crippen LogP contribution >= 0.6 is 11.8 Å². The summed E-state index contributed by atoms with van der Waals surface area (Å²) in [5.74, 6) is 1.98. The van der Waals surface area contributed by atoms with Gasteiger partial charge in [0.1, 0.15) is 12.4 Å². The van der Waals surface area contributed by atoms with Crippen LogP contribution in [0.3, 0.4) is 0 Å². The first-order chi connectivity index (χ1) is 14.6. The Morgan fingerprint density at radius 3 is 2.30 bits per heavy atom. The number of rotatable bonds is 9. The van der Waals surface area contributed by atoms with E-state index in [1.165, 1.54) is 11.8 Å². The SMILES string of the molecule is COc1ccc(S[C@H](C)C(=O)Nc2ccc(OCc3ccccc3)cc2)cc1OC. The molecule has 0 unspecified atom stereocenters. The lowest BCUT2D eigenvalue weighted by molar-refractivity contribution is -0.115. The van der Waals surface area contributed by atoms with Gasteiger partial charge in [-0.15, -0.1) is 11.8 Å². The van der Waals surface area contributed by atoms with Crippen molar-refractivity contribution in [2.45, 2.75) is 23.7 Å². The predicted octanol–water partition coefficient (Wildman–Crippen LogP) is 5.40. The number of anilines is 1. The van der Waals surface area contributed by atoms with E-state index >= 15 is 0 Å². The average molecular weight is 424 g/mol. The molecule has 0 aromatic heterocycles. The molecule has 0 aliphatic heterocycles. The van der Waals surface area contributed by atoms with Crippen molar-refractivity contribution in [1.82, 2.24) is 0 Å². The average Bonchev–Trinajstić information content (AvgIpc) is 2.79. The number of nitrogens with one attached hydrogen (secondary N) is 1. The summed E-state index contributed by atoms with van der Waals surface area (Å²) in [4.78, 5) is 13.5. The van der Waals surface area contributed by atoms with E-state index < -0.39 is 0 Å². The van der Waals surface area contributed by atoms with E-state index in [-0.39, 0.29) is 11.2 Å². The second kappa shape index (κ2) is 10.6. The Morgan fingerprint density at radius 1 is 0.933 bits per heavy atom. The predicted molar refractivity (Wildman–Crippen MR) is 121 cm³/mol. The van der Waals surface area contributed by atoms with Crippen molar-refractivity contribution in [2.24, 2.45) is 0 Å². The van der Waals surface area contributed by atoms with E-state index in [0.717, 1.165) is 21.9 Å². The Balaban J connectivity index is 1.53. The molecule has 1 atom stereocenters. The van der Waals surface area contributed by atoms with Crippen LogP contribution in [0.1, 0.15) is 12.5 Å². The highest BCUT2D eigenvalue weighted by molar-refractivity contribution is 8.00. The van der Waals surface area contributed by atoms with Crippen LogP contribution in [0.25, 0.3) is 0 Å². The topological polar surface area (TPSA) is 56.8 Å². The van der Waals surface area contributed by atoms with E-state index in [2.05, 4.69) is 5.32 Å². The molecule has 0 fully saturated rings. The van der Waals surface area contributed by atoms with Gasteiger partial charge in [0.05, 0.1) is 19.5 Å². The lowest BCUT2D eigenvalue weighted by Crippen LogP contribution is -2.22. The van der Waals surface area contributed by atoms with Gasteiger partial charge in [0.2, 0.25) is 5.91 Å². The van der Waals surface area contributed by atoms with Crippen LogP contribution in [-0.2, 0) is 11.4 Å². The number of hydrogen-bond donors (Lipinski definition) is 1. The van der Waals surface area contributed by atoms with E-state index in [1.807, 2.05) is 79.7 Å². The fourth-order valence-electron chi connectivity index (χ4n) is 2.77. The molecule has 5 nitrogen and oxygen atoms in total.